The monoisotopic (exact) mass is 298 g/mol. The number of nitrogens with zero attached hydrogens (tertiary/aromatic N) is 4. The van der Waals surface area contributed by atoms with Gasteiger partial charge in [-0.1, -0.05) is 0 Å². The van der Waals surface area contributed by atoms with Gasteiger partial charge in [-0.05, 0) is 18.6 Å². The summed E-state index contributed by atoms with van der Waals surface area (Å²) in [5, 5.41) is 2.06. The van der Waals surface area contributed by atoms with Crippen LogP contribution in [0, 0.1) is 0 Å². The van der Waals surface area contributed by atoms with Crippen LogP contribution in [0.1, 0.15) is 28.4 Å². The Bertz CT molecular complexity index is 779. The summed E-state index contributed by atoms with van der Waals surface area (Å²) in [5.41, 5.74) is 1.83. The highest BCUT2D eigenvalue weighted by atomic mass is 32.1. The molecule has 1 saturated heterocycles. The topological polar surface area (TPSA) is 50.5 Å². The highest BCUT2D eigenvalue weighted by Crippen LogP contribution is 2.31. The number of fused-ring (bicyclic) bond motifs is 1. The van der Waals surface area contributed by atoms with Crippen LogP contribution in [0.3, 0.4) is 0 Å². The van der Waals surface area contributed by atoms with E-state index in [1.54, 1.807) is 35.9 Å². The first-order chi connectivity index (χ1) is 10.3. The SMILES string of the molecule is O=C(c1ccncc1)N1CC[C@H](c2ncn3ccsc23)C1. The number of imidazole rings is 1. The molecule has 106 valence electrons. The van der Waals surface area contributed by atoms with E-state index in [1.807, 2.05) is 21.8 Å². The van der Waals surface area contributed by atoms with Gasteiger partial charge in [0.2, 0.25) is 0 Å². The van der Waals surface area contributed by atoms with Crippen LogP contribution in [0.4, 0.5) is 0 Å². The third-order valence-electron chi connectivity index (χ3n) is 3.97. The molecule has 21 heavy (non-hydrogen) atoms. The van der Waals surface area contributed by atoms with E-state index < -0.39 is 0 Å². The molecule has 0 bridgehead atoms. The number of hydrogen-bond acceptors (Lipinski definition) is 4. The molecule has 1 aliphatic rings. The van der Waals surface area contributed by atoms with Gasteiger partial charge in [0.15, 0.2) is 0 Å². The van der Waals surface area contributed by atoms with Gasteiger partial charge in [-0.3, -0.25) is 14.2 Å². The number of rotatable bonds is 2. The van der Waals surface area contributed by atoms with Crippen molar-refractivity contribution >= 4 is 22.1 Å². The van der Waals surface area contributed by atoms with Gasteiger partial charge in [-0.15, -0.1) is 11.3 Å². The average Bonchev–Trinajstić information content (AvgIpc) is 3.23. The Labute approximate surface area is 125 Å². The zero-order valence-electron chi connectivity index (χ0n) is 11.3. The van der Waals surface area contributed by atoms with Crippen molar-refractivity contribution in [3.63, 3.8) is 0 Å². The Morgan fingerprint density at radius 1 is 1.33 bits per heavy atom. The van der Waals surface area contributed by atoms with E-state index in [2.05, 4.69) is 15.3 Å². The molecular weight excluding hydrogens is 284 g/mol. The summed E-state index contributed by atoms with van der Waals surface area (Å²) in [4.78, 5) is 24.0. The molecule has 0 aromatic carbocycles. The van der Waals surface area contributed by atoms with Gasteiger partial charge in [-0.25, -0.2) is 4.98 Å². The molecule has 3 aromatic rings. The van der Waals surface area contributed by atoms with Crippen molar-refractivity contribution in [2.45, 2.75) is 12.3 Å². The predicted octanol–water partition coefficient (Wildman–Crippen LogP) is 2.42. The summed E-state index contributed by atoms with van der Waals surface area (Å²) in [6, 6.07) is 3.54. The van der Waals surface area contributed by atoms with Crippen LogP contribution >= 0.6 is 11.3 Å². The molecule has 1 amide bonds. The van der Waals surface area contributed by atoms with E-state index in [0.29, 0.717) is 11.5 Å². The average molecular weight is 298 g/mol. The lowest BCUT2D eigenvalue weighted by Crippen LogP contribution is -2.28. The second-order valence-electron chi connectivity index (χ2n) is 5.22. The fourth-order valence-electron chi connectivity index (χ4n) is 2.88. The molecule has 4 rings (SSSR count). The molecular formula is C15H14N4OS. The number of carbonyl (C=O) groups excluding carboxylic acids is 1. The maximum absolute atomic E-state index is 12.5. The summed E-state index contributed by atoms with van der Waals surface area (Å²) in [7, 11) is 0. The predicted molar refractivity (Wildman–Crippen MR) is 80.6 cm³/mol. The maximum Gasteiger partial charge on any atom is 0.253 e. The summed E-state index contributed by atoms with van der Waals surface area (Å²) in [6.45, 7) is 1.53. The van der Waals surface area contributed by atoms with E-state index in [1.165, 1.54) is 4.83 Å². The van der Waals surface area contributed by atoms with Crippen LogP contribution in [0.25, 0.3) is 4.83 Å². The fraction of sp³-hybridized carbons (Fsp3) is 0.267. The van der Waals surface area contributed by atoms with Crippen molar-refractivity contribution in [1.82, 2.24) is 19.3 Å². The van der Waals surface area contributed by atoms with Gasteiger partial charge in [0, 0.05) is 48.5 Å². The van der Waals surface area contributed by atoms with E-state index in [0.717, 1.165) is 25.2 Å². The molecule has 0 aliphatic carbocycles. The molecule has 5 nitrogen and oxygen atoms in total. The van der Waals surface area contributed by atoms with Crippen molar-refractivity contribution < 1.29 is 4.79 Å². The number of thiazole rings is 1. The summed E-state index contributed by atoms with van der Waals surface area (Å²) in [6.07, 6.45) is 8.16. The number of aromatic nitrogens is 3. The lowest BCUT2D eigenvalue weighted by Gasteiger charge is -2.16. The normalized spacial score (nSPS) is 18.5. The van der Waals surface area contributed by atoms with Crippen molar-refractivity contribution in [3.8, 4) is 0 Å². The highest BCUT2D eigenvalue weighted by Gasteiger charge is 2.30. The van der Waals surface area contributed by atoms with Gasteiger partial charge in [0.1, 0.15) is 11.2 Å². The van der Waals surface area contributed by atoms with Crippen LogP contribution in [0.5, 0.6) is 0 Å². The van der Waals surface area contributed by atoms with Crippen LogP contribution < -0.4 is 0 Å². The number of amides is 1. The molecule has 0 unspecified atom stereocenters. The number of pyridine rings is 1. The number of hydrogen-bond donors (Lipinski definition) is 0. The van der Waals surface area contributed by atoms with Crippen molar-refractivity contribution in [1.29, 1.82) is 0 Å². The molecule has 0 spiro atoms. The Morgan fingerprint density at radius 3 is 3.05 bits per heavy atom. The van der Waals surface area contributed by atoms with Crippen LogP contribution in [-0.2, 0) is 0 Å². The lowest BCUT2D eigenvalue weighted by atomic mass is 10.1. The van der Waals surface area contributed by atoms with Crippen LogP contribution in [0.15, 0.2) is 42.4 Å². The second-order valence-corrected chi connectivity index (χ2v) is 6.11. The quantitative estimate of drug-likeness (QED) is 0.730. The van der Waals surface area contributed by atoms with Crippen LogP contribution in [0.2, 0.25) is 0 Å². The van der Waals surface area contributed by atoms with E-state index >= 15 is 0 Å². The first-order valence-electron chi connectivity index (χ1n) is 6.92. The number of likely N-dealkylation sites (tertiary alicyclic amines) is 1. The smallest absolute Gasteiger partial charge is 0.253 e. The van der Waals surface area contributed by atoms with Crippen LogP contribution in [-0.4, -0.2) is 38.3 Å². The highest BCUT2D eigenvalue weighted by molar-refractivity contribution is 7.15. The molecule has 1 fully saturated rings. The maximum atomic E-state index is 12.5. The van der Waals surface area contributed by atoms with Gasteiger partial charge in [-0.2, -0.15) is 0 Å². The molecule has 1 atom stereocenters. The third kappa shape index (κ3) is 2.12. The Kier molecular flexibility index (Phi) is 2.96. The zero-order chi connectivity index (χ0) is 14.2. The molecule has 3 aromatic heterocycles. The van der Waals surface area contributed by atoms with Gasteiger partial charge < -0.3 is 4.90 Å². The van der Waals surface area contributed by atoms with E-state index in [4.69, 9.17) is 0 Å². The van der Waals surface area contributed by atoms with Gasteiger partial charge >= 0.3 is 0 Å². The van der Waals surface area contributed by atoms with Crippen molar-refractivity contribution in [3.05, 3.63) is 53.7 Å². The summed E-state index contributed by atoms with van der Waals surface area (Å²) in [5.74, 6) is 0.418. The second kappa shape index (κ2) is 4.96. The third-order valence-corrected chi connectivity index (χ3v) is 4.87. The Morgan fingerprint density at radius 2 is 2.19 bits per heavy atom. The molecule has 6 heteroatoms. The minimum atomic E-state index is 0.0848. The van der Waals surface area contributed by atoms with E-state index in [-0.39, 0.29) is 5.91 Å². The fourth-order valence-corrected chi connectivity index (χ4v) is 3.77. The first-order valence-corrected chi connectivity index (χ1v) is 7.80. The Hall–Kier alpha value is -2.21. The van der Waals surface area contributed by atoms with E-state index in [9.17, 15) is 4.79 Å². The molecule has 4 heterocycles. The molecule has 0 saturated carbocycles. The first kappa shape index (κ1) is 12.5. The number of carbonyl (C=O) groups is 1. The summed E-state index contributed by atoms with van der Waals surface area (Å²) < 4.78 is 2.05. The minimum Gasteiger partial charge on any atom is -0.338 e. The largest absolute Gasteiger partial charge is 0.338 e. The standard InChI is InChI=1S/C15H14N4OS/c20-14(11-1-4-16-5-2-11)18-6-3-12(9-18)13-15-19(10-17-13)7-8-21-15/h1-2,4-5,7-8,10,12H,3,6,9H2/t12-/m0/s1. The van der Waals surface area contributed by atoms with Crippen molar-refractivity contribution in [2.75, 3.05) is 13.1 Å². The van der Waals surface area contributed by atoms with Crippen molar-refractivity contribution in [2.24, 2.45) is 0 Å². The Balaban J connectivity index is 1.55. The zero-order valence-corrected chi connectivity index (χ0v) is 12.2. The van der Waals surface area contributed by atoms with Gasteiger partial charge in [0.25, 0.3) is 5.91 Å². The minimum absolute atomic E-state index is 0.0848. The lowest BCUT2D eigenvalue weighted by molar-refractivity contribution is 0.0790. The molecule has 1 aliphatic heterocycles. The summed E-state index contributed by atoms with van der Waals surface area (Å²) >= 11 is 1.70. The molecule has 0 radical (unpaired) electrons. The van der Waals surface area contributed by atoms with Gasteiger partial charge in [0.05, 0.1) is 5.69 Å². The molecule has 0 N–H and O–H groups in total.